The van der Waals surface area contributed by atoms with E-state index in [1.807, 2.05) is 73.7 Å². The zero-order valence-corrected chi connectivity index (χ0v) is 16.5. The average Bonchev–Trinajstić information content (AvgIpc) is 3.14. The molecule has 1 heterocycles. The number of hydrogen-bond acceptors (Lipinski definition) is 3. The van der Waals surface area contributed by atoms with Gasteiger partial charge in [0.1, 0.15) is 0 Å². The first kappa shape index (κ1) is 19.2. The Balaban J connectivity index is 1.52. The molecule has 5 nitrogen and oxygen atoms in total. The molecule has 4 rings (SSSR count). The lowest BCUT2D eigenvalue weighted by Gasteiger charge is -2.19. The van der Waals surface area contributed by atoms with Gasteiger partial charge < -0.3 is 15.5 Å². The van der Waals surface area contributed by atoms with Crippen LogP contribution in [0.15, 0.2) is 66.7 Å². The molecule has 0 spiro atoms. The maximum Gasteiger partial charge on any atom is 0.229 e. The minimum Gasteiger partial charge on any atom is -0.325 e. The number of rotatable bonds is 6. The number of anilines is 2. The van der Waals surface area contributed by atoms with E-state index in [4.69, 9.17) is 0 Å². The second kappa shape index (κ2) is 8.45. The van der Waals surface area contributed by atoms with Gasteiger partial charge in [0.05, 0.1) is 11.6 Å². The molecular weight excluding hydrogens is 362 g/mol. The molecule has 5 heteroatoms. The summed E-state index contributed by atoms with van der Waals surface area (Å²) in [7, 11) is 0. The van der Waals surface area contributed by atoms with Gasteiger partial charge in [-0.1, -0.05) is 61.5 Å². The smallest absolute Gasteiger partial charge is 0.229 e. The number of hydrogen-bond donors (Lipinski definition) is 2. The highest BCUT2D eigenvalue weighted by molar-refractivity contribution is 6.08. The Morgan fingerprint density at radius 1 is 1.03 bits per heavy atom. The van der Waals surface area contributed by atoms with Crippen molar-refractivity contribution < 1.29 is 9.59 Å². The third-order valence-corrected chi connectivity index (χ3v) is 5.39. The molecule has 1 atom stereocenters. The van der Waals surface area contributed by atoms with Crippen LogP contribution in [0.1, 0.15) is 18.9 Å². The second-order valence-corrected chi connectivity index (χ2v) is 7.33. The van der Waals surface area contributed by atoms with Crippen molar-refractivity contribution >= 4 is 34.0 Å². The largest absolute Gasteiger partial charge is 0.325 e. The van der Waals surface area contributed by atoms with Crippen molar-refractivity contribution in [3.05, 3.63) is 72.3 Å². The van der Waals surface area contributed by atoms with Crippen molar-refractivity contribution in [2.75, 3.05) is 23.3 Å². The molecule has 0 aliphatic carbocycles. The van der Waals surface area contributed by atoms with Gasteiger partial charge in [-0.2, -0.15) is 0 Å². The van der Waals surface area contributed by atoms with Crippen molar-refractivity contribution in [2.45, 2.75) is 19.9 Å². The van der Waals surface area contributed by atoms with Gasteiger partial charge in [-0.25, -0.2) is 0 Å². The molecule has 29 heavy (non-hydrogen) atoms. The highest BCUT2D eigenvalue weighted by Gasteiger charge is 2.35. The van der Waals surface area contributed by atoms with Gasteiger partial charge in [-0.05, 0) is 29.6 Å². The zero-order valence-electron chi connectivity index (χ0n) is 16.5. The lowest BCUT2D eigenvalue weighted by Crippen LogP contribution is -2.28. The standard InChI is InChI=1S/C24H25N3O2/c1-2-25-15-18-9-4-6-12-21(18)26-24(29)19-14-23(28)27(16-19)22-13-7-10-17-8-3-5-11-20(17)22/h3-13,19,25H,2,14-16H2,1H3,(H,26,29). The van der Waals surface area contributed by atoms with Crippen LogP contribution < -0.4 is 15.5 Å². The summed E-state index contributed by atoms with van der Waals surface area (Å²) >= 11 is 0. The molecule has 0 aromatic heterocycles. The summed E-state index contributed by atoms with van der Waals surface area (Å²) < 4.78 is 0. The Morgan fingerprint density at radius 2 is 1.79 bits per heavy atom. The third-order valence-electron chi connectivity index (χ3n) is 5.39. The molecule has 1 unspecified atom stereocenters. The van der Waals surface area contributed by atoms with Crippen LogP contribution in [0.25, 0.3) is 10.8 Å². The molecule has 0 radical (unpaired) electrons. The number of fused-ring (bicyclic) bond motifs is 1. The molecule has 2 N–H and O–H groups in total. The number of benzene rings is 3. The molecule has 148 valence electrons. The number of carbonyl (C=O) groups is 2. The predicted molar refractivity (Wildman–Crippen MR) is 117 cm³/mol. The first-order chi connectivity index (χ1) is 14.2. The summed E-state index contributed by atoms with van der Waals surface area (Å²) in [5.74, 6) is -0.485. The highest BCUT2D eigenvalue weighted by atomic mass is 16.2. The van der Waals surface area contributed by atoms with Crippen molar-refractivity contribution in [1.29, 1.82) is 0 Å². The van der Waals surface area contributed by atoms with E-state index in [0.29, 0.717) is 13.1 Å². The van der Waals surface area contributed by atoms with Crippen LogP contribution in [-0.2, 0) is 16.1 Å². The highest BCUT2D eigenvalue weighted by Crippen LogP contribution is 2.32. The first-order valence-electron chi connectivity index (χ1n) is 10.0. The van der Waals surface area contributed by atoms with E-state index in [9.17, 15) is 9.59 Å². The molecule has 1 fully saturated rings. The van der Waals surface area contributed by atoms with Crippen LogP contribution in [0.4, 0.5) is 11.4 Å². The SMILES string of the molecule is CCNCc1ccccc1NC(=O)C1CC(=O)N(c2cccc3ccccc23)C1. The summed E-state index contributed by atoms with van der Waals surface area (Å²) in [6.07, 6.45) is 0.227. The van der Waals surface area contributed by atoms with Crippen LogP contribution in [0.2, 0.25) is 0 Å². The minimum atomic E-state index is -0.367. The van der Waals surface area contributed by atoms with Crippen molar-refractivity contribution in [3.63, 3.8) is 0 Å². The van der Waals surface area contributed by atoms with Crippen LogP contribution in [0.5, 0.6) is 0 Å². The fraction of sp³-hybridized carbons (Fsp3) is 0.250. The fourth-order valence-corrected chi connectivity index (χ4v) is 3.85. The van der Waals surface area contributed by atoms with Crippen molar-refractivity contribution in [1.82, 2.24) is 5.32 Å². The van der Waals surface area contributed by atoms with Crippen LogP contribution >= 0.6 is 0 Å². The van der Waals surface area contributed by atoms with E-state index in [1.54, 1.807) is 4.90 Å². The van der Waals surface area contributed by atoms with Gasteiger partial charge >= 0.3 is 0 Å². The predicted octanol–water partition coefficient (Wildman–Crippen LogP) is 3.94. The van der Waals surface area contributed by atoms with Gasteiger partial charge in [-0.3, -0.25) is 9.59 Å². The van der Waals surface area contributed by atoms with Crippen LogP contribution in [-0.4, -0.2) is 24.9 Å². The Kier molecular flexibility index (Phi) is 5.58. The Bertz CT molecular complexity index is 1040. The number of nitrogens with one attached hydrogen (secondary N) is 2. The molecular formula is C24H25N3O2. The van der Waals surface area contributed by atoms with Gasteiger partial charge in [0.25, 0.3) is 0 Å². The lowest BCUT2D eigenvalue weighted by atomic mass is 10.1. The van der Waals surface area contributed by atoms with E-state index < -0.39 is 0 Å². The van der Waals surface area contributed by atoms with E-state index in [-0.39, 0.29) is 24.2 Å². The quantitative estimate of drug-likeness (QED) is 0.673. The van der Waals surface area contributed by atoms with Gasteiger partial charge in [0.2, 0.25) is 11.8 Å². The molecule has 0 bridgehead atoms. The topological polar surface area (TPSA) is 61.4 Å². The van der Waals surface area contributed by atoms with E-state index in [0.717, 1.165) is 34.3 Å². The van der Waals surface area contributed by atoms with Gasteiger partial charge in [0, 0.05) is 30.6 Å². The summed E-state index contributed by atoms with van der Waals surface area (Å²) in [6.45, 7) is 4.00. The lowest BCUT2D eigenvalue weighted by molar-refractivity contribution is -0.122. The molecule has 3 aromatic rings. The Labute approximate surface area is 170 Å². The molecule has 2 amide bonds. The monoisotopic (exact) mass is 387 g/mol. The maximum atomic E-state index is 12.9. The molecule has 1 aliphatic rings. The second-order valence-electron chi connectivity index (χ2n) is 7.33. The van der Waals surface area contributed by atoms with Crippen molar-refractivity contribution in [3.8, 4) is 0 Å². The number of carbonyl (C=O) groups excluding carboxylic acids is 2. The summed E-state index contributed by atoms with van der Waals surface area (Å²) in [5.41, 5.74) is 2.71. The van der Waals surface area contributed by atoms with Gasteiger partial charge in [-0.15, -0.1) is 0 Å². The van der Waals surface area contributed by atoms with Crippen molar-refractivity contribution in [2.24, 2.45) is 5.92 Å². The molecule has 1 aliphatic heterocycles. The normalized spacial score (nSPS) is 16.4. The summed E-state index contributed by atoms with van der Waals surface area (Å²) in [5, 5.41) is 8.43. The minimum absolute atomic E-state index is 0.0116. The summed E-state index contributed by atoms with van der Waals surface area (Å²) in [6, 6.07) is 21.7. The molecule has 0 saturated carbocycles. The Hall–Kier alpha value is -3.18. The van der Waals surface area contributed by atoms with Crippen LogP contribution in [0, 0.1) is 5.92 Å². The Morgan fingerprint density at radius 3 is 2.66 bits per heavy atom. The van der Waals surface area contributed by atoms with Gasteiger partial charge in [0.15, 0.2) is 0 Å². The first-order valence-corrected chi connectivity index (χ1v) is 10.0. The maximum absolute atomic E-state index is 12.9. The number of nitrogens with zero attached hydrogens (tertiary/aromatic N) is 1. The average molecular weight is 387 g/mol. The summed E-state index contributed by atoms with van der Waals surface area (Å²) in [4.78, 5) is 27.4. The molecule has 3 aromatic carbocycles. The van der Waals surface area contributed by atoms with E-state index in [1.165, 1.54) is 0 Å². The van der Waals surface area contributed by atoms with E-state index in [2.05, 4.69) is 10.6 Å². The number of amides is 2. The zero-order chi connectivity index (χ0) is 20.2. The fourth-order valence-electron chi connectivity index (χ4n) is 3.85. The van der Waals surface area contributed by atoms with E-state index >= 15 is 0 Å². The third kappa shape index (κ3) is 4.00. The number of para-hydroxylation sites is 1. The van der Waals surface area contributed by atoms with Crippen LogP contribution in [0.3, 0.4) is 0 Å². The molecule has 1 saturated heterocycles.